The van der Waals surface area contributed by atoms with Gasteiger partial charge in [0, 0.05) is 30.9 Å². The number of amides is 10. The van der Waals surface area contributed by atoms with Crippen molar-refractivity contribution < 1.29 is 63.0 Å². The molecule has 0 spiro atoms. The molecule has 26 heteroatoms. The molecular weight excluding hydrogens is 943 g/mol. The topological polar surface area (TPSA) is 394 Å². The minimum Gasteiger partial charge on any atom is -0.508 e. The van der Waals surface area contributed by atoms with E-state index in [1.165, 1.54) is 29.2 Å². The number of primary amides is 2. The molecule has 1 aromatic carbocycles. The summed E-state index contributed by atoms with van der Waals surface area (Å²) in [7, 11) is 2.03. The molecule has 2 fully saturated rings. The predicted molar refractivity (Wildman–Crippen MR) is 253 cm³/mol. The van der Waals surface area contributed by atoms with Gasteiger partial charge in [0.05, 0.1) is 12.5 Å². The van der Waals surface area contributed by atoms with Crippen LogP contribution < -0.4 is 54.4 Å². The molecule has 382 valence electrons. The van der Waals surface area contributed by atoms with E-state index in [9.17, 15) is 57.8 Å². The van der Waals surface area contributed by atoms with Crippen LogP contribution in [0.25, 0.3) is 0 Å². The van der Waals surface area contributed by atoms with Crippen LogP contribution in [-0.2, 0) is 59.2 Å². The number of phenols is 1. The zero-order valence-electron chi connectivity index (χ0n) is 38.9. The summed E-state index contributed by atoms with van der Waals surface area (Å²) in [5, 5.41) is 36.6. The number of carboxylic acids is 1. The first-order valence-electron chi connectivity index (χ1n) is 22.5. The van der Waals surface area contributed by atoms with Crippen molar-refractivity contribution in [1.82, 2.24) is 42.1 Å². The Labute approximate surface area is 407 Å². The lowest BCUT2D eigenvalue weighted by Crippen LogP contribution is -2.61. The summed E-state index contributed by atoms with van der Waals surface area (Å²) >= 11 is 0. The van der Waals surface area contributed by atoms with Crippen molar-refractivity contribution in [3.8, 4) is 5.75 Å². The molecule has 69 heavy (non-hydrogen) atoms. The molecule has 3 rings (SSSR count). The van der Waals surface area contributed by atoms with Gasteiger partial charge in [-0.1, -0.05) is 67.8 Å². The van der Waals surface area contributed by atoms with Gasteiger partial charge in [0.15, 0.2) is 0 Å². The molecule has 0 radical (unpaired) electrons. The molecule has 9 atom stereocenters. The summed E-state index contributed by atoms with van der Waals surface area (Å²) in [6, 6.07) is -5.19. The first kappa shape index (κ1) is 57.2. The van der Waals surface area contributed by atoms with Gasteiger partial charge in [-0.2, -0.15) is 0 Å². The zero-order valence-corrected chi connectivity index (χ0v) is 40.6. The van der Waals surface area contributed by atoms with E-state index >= 15 is 0 Å². The SMILES string of the molecule is CC[C@H](C)[C@@H]1NC(=O)[C@H](Cc2ccc(O)cc2)NC(=O)[C@H](N)CSSC[C@H](C(=O)N2CCC[C@H]2C(=O)N[C@@H](CC(C)C)C(=O)NCC(=O)O)NC(=O)[C@H](CC(N)=O)NC(=O)[C@H](CCC(N)=O)NC1=O. The number of rotatable bonds is 17. The van der Waals surface area contributed by atoms with Crippen molar-refractivity contribution >= 4 is 86.6 Å². The monoisotopic (exact) mass is 1010 g/mol. The Hall–Kier alpha value is -6.15. The maximum absolute atomic E-state index is 14.5. The number of likely N-dealkylation sites (tertiary alicyclic amines) is 1. The molecule has 1 aromatic rings. The molecule has 24 nitrogen and oxygen atoms in total. The largest absolute Gasteiger partial charge is 0.508 e. The van der Waals surface area contributed by atoms with Gasteiger partial charge in [-0.3, -0.25) is 52.7 Å². The molecule has 10 amide bonds. The number of hydrogen-bond donors (Lipinski definition) is 12. The second kappa shape index (κ2) is 27.7. The first-order chi connectivity index (χ1) is 32.5. The van der Waals surface area contributed by atoms with Crippen LogP contribution in [0.2, 0.25) is 0 Å². The zero-order chi connectivity index (χ0) is 51.5. The number of aliphatic carboxylic acids is 1. The summed E-state index contributed by atoms with van der Waals surface area (Å²) in [6.45, 7) is 6.31. The van der Waals surface area contributed by atoms with Crippen LogP contribution in [0.3, 0.4) is 0 Å². The summed E-state index contributed by atoms with van der Waals surface area (Å²) in [6.07, 6.45) is -0.798. The van der Waals surface area contributed by atoms with E-state index in [2.05, 4.69) is 37.2 Å². The third kappa shape index (κ3) is 18.7. The highest BCUT2D eigenvalue weighted by Gasteiger charge is 2.41. The van der Waals surface area contributed by atoms with E-state index < -0.39 is 145 Å². The second-order valence-corrected chi connectivity index (χ2v) is 19.9. The summed E-state index contributed by atoms with van der Waals surface area (Å²) in [5.74, 6) is -11.1. The summed E-state index contributed by atoms with van der Waals surface area (Å²) in [4.78, 5) is 148. The van der Waals surface area contributed by atoms with Crippen molar-refractivity contribution in [3.63, 3.8) is 0 Å². The van der Waals surface area contributed by atoms with Crippen LogP contribution in [0, 0.1) is 11.8 Å². The summed E-state index contributed by atoms with van der Waals surface area (Å²) < 4.78 is 0. The fraction of sp³-hybridized carbons (Fsp3) is 0.605. The highest BCUT2D eigenvalue weighted by molar-refractivity contribution is 8.76. The van der Waals surface area contributed by atoms with Gasteiger partial charge < -0.3 is 69.5 Å². The number of carboxylic acid groups (broad SMARTS) is 1. The minimum absolute atomic E-state index is 0.0332. The van der Waals surface area contributed by atoms with Crippen LogP contribution in [0.15, 0.2) is 24.3 Å². The smallest absolute Gasteiger partial charge is 0.322 e. The lowest BCUT2D eigenvalue weighted by atomic mass is 9.96. The first-order valence-corrected chi connectivity index (χ1v) is 25.0. The molecule has 0 unspecified atom stereocenters. The maximum Gasteiger partial charge on any atom is 0.322 e. The fourth-order valence-electron chi connectivity index (χ4n) is 7.33. The fourth-order valence-corrected chi connectivity index (χ4v) is 9.61. The van der Waals surface area contributed by atoms with Crippen molar-refractivity contribution in [2.45, 2.75) is 127 Å². The number of benzene rings is 1. The van der Waals surface area contributed by atoms with E-state index in [1.54, 1.807) is 27.7 Å². The van der Waals surface area contributed by atoms with Crippen molar-refractivity contribution in [3.05, 3.63) is 29.8 Å². The summed E-state index contributed by atoms with van der Waals surface area (Å²) in [5.41, 5.74) is 17.7. The molecule has 0 aromatic heterocycles. The molecule has 2 heterocycles. The molecule has 15 N–H and O–H groups in total. The highest BCUT2D eigenvalue weighted by Crippen LogP contribution is 2.26. The average molecular weight is 1010 g/mol. The Morgan fingerprint density at radius 2 is 1.42 bits per heavy atom. The lowest BCUT2D eigenvalue weighted by Gasteiger charge is -2.31. The predicted octanol–water partition coefficient (Wildman–Crippen LogP) is -3.01. The molecule has 0 saturated carbocycles. The number of nitrogens with one attached hydrogen (secondary N) is 7. The Bertz CT molecular complexity index is 2050. The third-order valence-electron chi connectivity index (χ3n) is 11.3. The minimum atomic E-state index is -1.76. The molecule has 2 aliphatic rings. The molecular formula is C43H65N11O13S2. The van der Waals surface area contributed by atoms with Crippen molar-refractivity contribution in [2.24, 2.45) is 29.0 Å². The van der Waals surface area contributed by atoms with E-state index in [0.29, 0.717) is 18.4 Å². The van der Waals surface area contributed by atoms with Gasteiger partial charge in [0.1, 0.15) is 54.6 Å². The van der Waals surface area contributed by atoms with Gasteiger partial charge in [-0.15, -0.1) is 0 Å². The number of aromatic hydroxyl groups is 1. The Balaban J connectivity index is 2.05. The third-order valence-corrected chi connectivity index (χ3v) is 13.7. The Morgan fingerprint density at radius 3 is 2.03 bits per heavy atom. The van der Waals surface area contributed by atoms with Gasteiger partial charge in [-0.05, 0) is 55.2 Å². The standard InChI is InChI=1S/C43H65N11O13S2/c1-5-22(4)35-42(66)48-26(12-13-32(45)56)38(62)50-29(17-33(46)57)39(63)52-30(20-69-68-19-25(44)36(60)49-28(40(64)53-35)16-23-8-10-24(55)11-9-23)43(67)54-14-6-7-31(54)41(65)51-27(15-21(2)3)37(61)47-18-34(58)59/h8-11,21-22,25-31,35,55H,5-7,12-20,44H2,1-4H3,(H2,45,56)(H2,46,57)(H,47,61)(H,48,66)(H,49,60)(H,50,62)(H,51,65)(H,52,63)(H,53,64)(H,58,59)/t22-,25+,26-,27-,28-,29-,30+,31-,35-/m0/s1. The van der Waals surface area contributed by atoms with Crippen LogP contribution in [0.1, 0.15) is 78.2 Å². The van der Waals surface area contributed by atoms with Crippen molar-refractivity contribution in [2.75, 3.05) is 24.6 Å². The average Bonchev–Trinajstić information content (AvgIpc) is 3.78. The lowest BCUT2D eigenvalue weighted by molar-refractivity contribution is -0.142. The molecule has 0 aliphatic carbocycles. The number of nitrogens with zero attached hydrogens (tertiary/aromatic N) is 1. The number of carbonyl (C=O) groups is 11. The number of hydrogen-bond acceptors (Lipinski definition) is 15. The molecule has 2 aliphatic heterocycles. The van der Waals surface area contributed by atoms with Crippen LogP contribution in [-0.4, -0.2) is 153 Å². The number of carbonyl (C=O) groups excluding carboxylic acids is 10. The Kier molecular flexibility index (Phi) is 23.0. The quantitative estimate of drug-likeness (QED) is 0.0692. The normalized spacial score (nSPS) is 24.3. The van der Waals surface area contributed by atoms with Crippen LogP contribution in [0.5, 0.6) is 5.75 Å². The van der Waals surface area contributed by atoms with E-state index in [-0.39, 0.29) is 49.0 Å². The maximum atomic E-state index is 14.5. The Morgan fingerprint density at radius 1 is 0.812 bits per heavy atom. The van der Waals surface area contributed by atoms with Gasteiger partial charge in [-0.25, -0.2) is 0 Å². The molecule has 0 bridgehead atoms. The van der Waals surface area contributed by atoms with Crippen LogP contribution >= 0.6 is 21.6 Å². The van der Waals surface area contributed by atoms with Gasteiger partial charge in [0.25, 0.3) is 0 Å². The van der Waals surface area contributed by atoms with E-state index in [4.69, 9.17) is 22.3 Å². The second-order valence-electron chi connectivity index (χ2n) is 17.3. The van der Waals surface area contributed by atoms with E-state index in [0.717, 1.165) is 21.6 Å². The highest BCUT2D eigenvalue weighted by atomic mass is 33.1. The van der Waals surface area contributed by atoms with Crippen molar-refractivity contribution in [1.29, 1.82) is 0 Å². The molecule has 2 saturated heterocycles. The number of nitrogens with two attached hydrogens (primary N) is 3. The van der Waals surface area contributed by atoms with Gasteiger partial charge in [0.2, 0.25) is 59.1 Å². The van der Waals surface area contributed by atoms with E-state index in [1.807, 2.05) is 0 Å². The van der Waals surface area contributed by atoms with Crippen LogP contribution in [0.4, 0.5) is 0 Å². The number of phenolic OH excluding ortho intramolecular Hbond substituents is 1. The van der Waals surface area contributed by atoms with Gasteiger partial charge >= 0.3 is 5.97 Å².